The topological polar surface area (TPSA) is 39.7 Å². The summed E-state index contributed by atoms with van der Waals surface area (Å²) in [7, 11) is 0. The number of rotatable bonds is 7. The minimum Gasteiger partial charge on any atom is -0.357 e. The molecule has 1 fully saturated rings. The minimum absolute atomic E-state index is 0. The number of hydrogen-bond acceptors (Lipinski definition) is 2. The molecule has 1 aromatic rings. The lowest BCUT2D eigenvalue weighted by Gasteiger charge is -2.32. The van der Waals surface area contributed by atoms with Gasteiger partial charge in [-0.05, 0) is 72.8 Å². The highest BCUT2D eigenvalue weighted by Gasteiger charge is 2.19. The van der Waals surface area contributed by atoms with E-state index in [2.05, 4.69) is 50.3 Å². The molecule has 0 amide bonds. The van der Waals surface area contributed by atoms with Crippen molar-refractivity contribution < 1.29 is 4.39 Å². The Kier molecular flexibility index (Phi) is 11.7. The van der Waals surface area contributed by atoms with Gasteiger partial charge in [-0.3, -0.25) is 4.99 Å². The van der Waals surface area contributed by atoms with Gasteiger partial charge >= 0.3 is 0 Å². The molecule has 2 N–H and O–H groups in total. The highest BCUT2D eigenvalue weighted by molar-refractivity contribution is 14.0. The predicted octanol–water partition coefficient (Wildman–Crippen LogP) is 4.18. The van der Waals surface area contributed by atoms with E-state index >= 15 is 0 Å². The van der Waals surface area contributed by atoms with Crippen molar-refractivity contribution in [2.75, 3.05) is 32.7 Å². The zero-order valence-corrected chi connectivity index (χ0v) is 19.6. The molecule has 1 aliphatic rings. The van der Waals surface area contributed by atoms with Crippen LogP contribution in [0, 0.1) is 5.82 Å². The fourth-order valence-corrected chi connectivity index (χ4v) is 3.55. The van der Waals surface area contributed by atoms with E-state index in [1.165, 1.54) is 19.0 Å². The Balaban J connectivity index is 0.00000338. The number of benzene rings is 1. The molecule has 0 aliphatic carbocycles. The van der Waals surface area contributed by atoms with Crippen molar-refractivity contribution in [1.82, 2.24) is 15.5 Å². The Labute approximate surface area is 182 Å². The van der Waals surface area contributed by atoms with Crippen molar-refractivity contribution in [2.24, 2.45) is 4.99 Å². The molecule has 2 rings (SSSR count). The van der Waals surface area contributed by atoms with Crippen LogP contribution in [0.4, 0.5) is 4.39 Å². The van der Waals surface area contributed by atoms with Gasteiger partial charge in [0.2, 0.25) is 0 Å². The number of likely N-dealkylation sites (tertiary alicyclic amines) is 1. The summed E-state index contributed by atoms with van der Waals surface area (Å²) in [4.78, 5) is 7.22. The summed E-state index contributed by atoms with van der Waals surface area (Å²) in [6.07, 6.45) is 4.34. The molecular weight excluding hydrogens is 510 g/mol. The molecule has 0 saturated carbocycles. The number of hydrogen-bond donors (Lipinski definition) is 2. The van der Waals surface area contributed by atoms with Crippen LogP contribution < -0.4 is 10.6 Å². The zero-order chi connectivity index (χ0) is 18.1. The van der Waals surface area contributed by atoms with E-state index in [4.69, 9.17) is 0 Å². The van der Waals surface area contributed by atoms with Gasteiger partial charge in [0.15, 0.2) is 5.96 Å². The maximum Gasteiger partial charge on any atom is 0.191 e. The first-order chi connectivity index (χ1) is 12.1. The number of nitrogens with zero attached hydrogens (tertiary/aromatic N) is 2. The van der Waals surface area contributed by atoms with Gasteiger partial charge in [-0.1, -0.05) is 13.0 Å². The summed E-state index contributed by atoms with van der Waals surface area (Å²) in [5, 5.41) is 6.90. The first-order valence-corrected chi connectivity index (χ1v) is 10.1. The van der Waals surface area contributed by atoms with Crippen molar-refractivity contribution in [3.8, 4) is 0 Å². The number of aliphatic imine (C=N–C) groups is 1. The first-order valence-electron chi connectivity index (χ1n) is 9.33. The number of piperidine rings is 1. The Bertz CT molecular complexity index is 562. The lowest BCUT2D eigenvalue weighted by Crippen LogP contribution is -2.48. The van der Waals surface area contributed by atoms with Crippen molar-refractivity contribution >= 4 is 45.9 Å². The number of nitrogens with one attached hydrogen (secondary N) is 2. The molecule has 1 heterocycles. The predicted molar refractivity (Wildman–Crippen MR) is 122 cm³/mol. The summed E-state index contributed by atoms with van der Waals surface area (Å²) in [5.74, 6) is 0.661. The smallest absolute Gasteiger partial charge is 0.191 e. The highest BCUT2D eigenvalue weighted by atomic mass is 127. The highest BCUT2D eigenvalue weighted by Crippen LogP contribution is 2.17. The van der Waals surface area contributed by atoms with E-state index in [-0.39, 0.29) is 29.8 Å². The molecule has 7 heteroatoms. The van der Waals surface area contributed by atoms with Crippen LogP contribution in [-0.4, -0.2) is 49.6 Å². The molecule has 0 aromatic heterocycles. The van der Waals surface area contributed by atoms with Gasteiger partial charge in [0.05, 0.1) is 4.47 Å². The third-order valence-corrected chi connectivity index (χ3v) is 5.07. The van der Waals surface area contributed by atoms with Gasteiger partial charge in [-0.15, -0.1) is 24.0 Å². The van der Waals surface area contributed by atoms with E-state index in [0.29, 0.717) is 17.1 Å². The van der Waals surface area contributed by atoms with E-state index in [9.17, 15) is 4.39 Å². The van der Waals surface area contributed by atoms with Crippen LogP contribution in [0.15, 0.2) is 27.7 Å². The van der Waals surface area contributed by atoms with Gasteiger partial charge in [0.25, 0.3) is 0 Å². The van der Waals surface area contributed by atoms with Crippen LogP contribution in [-0.2, 0) is 6.42 Å². The Morgan fingerprint density at radius 2 is 2.04 bits per heavy atom. The number of guanidine groups is 1. The molecule has 0 unspecified atom stereocenters. The van der Waals surface area contributed by atoms with E-state index in [1.807, 2.05) is 12.1 Å². The van der Waals surface area contributed by atoms with Gasteiger partial charge in [-0.25, -0.2) is 4.39 Å². The SMILES string of the molecule is CCCN1CCC(NC(=NCCc2ccc(F)c(Br)c2)NCC)CC1.I. The van der Waals surface area contributed by atoms with Crippen LogP contribution in [0.25, 0.3) is 0 Å². The van der Waals surface area contributed by atoms with Crippen LogP contribution in [0.3, 0.4) is 0 Å². The Morgan fingerprint density at radius 3 is 2.65 bits per heavy atom. The summed E-state index contributed by atoms with van der Waals surface area (Å²) < 4.78 is 13.8. The molecule has 1 saturated heterocycles. The minimum atomic E-state index is -0.225. The lowest BCUT2D eigenvalue weighted by atomic mass is 10.1. The van der Waals surface area contributed by atoms with Gasteiger partial charge in [0, 0.05) is 32.2 Å². The molecule has 0 bridgehead atoms. The third kappa shape index (κ3) is 8.08. The normalized spacial score (nSPS) is 16.2. The molecule has 0 atom stereocenters. The summed E-state index contributed by atoms with van der Waals surface area (Å²) in [6.45, 7) is 9.37. The van der Waals surface area contributed by atoms with Gasteiger partial charge in [0.1, 0.15) is 5.82 Å². The molecule has 0 radical (unpaired) electrons. The van der Waals surface area contributed by atoms with E-state index < -0.39 is 0 Å². The second kappa shape index (κ2) is 12.9. The maximum atomic E-state index is 13.3. The average molecular weight is 541 g/mol. The third-order valence-electron chi connectivity index (χ3n) is 4.47. The second-order valence-electron chi connectivity index (χ2n) is 6.52. The number of halogens is 3. The van der Waals surface area contributed by atoms with Crippen molar-refractivity contribution in [3.05, 3.63) is 34.1 Å². The van der Waals surface area contributed by atoms with E-state index in [0.717, 1.165) is 50.4 Å². The molecular formula is C19H31BrFIN4. The Hall–Kier alpha value is -0.410. The molecule has 4 nitrogen and oxygen atoms in total. The largest absolute Gasteiger partial charge is 0.357 e. The van der Waals surface area contributed by atoms with Crippen LogP contribution >= 0.6 is 39.9 Å². The fraction of sp³-hybridized carbons (Fsp3) is 0.632. The standard InChI is InChI=1S/C19H30BrFN4.HI/c1-3-11-25-12-8-16(9-13-25)24-19(22-4-2)23-10-7-15-5-6-18(21)17(20)14-15;/h5-6,14,16H,3-4,7-13H2,1-2H3,(H2,22,23,24);1H. The van der Waals surface area contributed by atoms with Crippen molar-refractivity contribution in [1.29, 1.82) is 0 Å². The summed E-state index contributed by atoms with van der Waals surface area (Å²) >= 11 is 3.23. The summed E-state index contributed by atoms with van der Waals surface area (Å²) in [5.41, 5.74) is 1.08. The van der Waals surface area contributed by atoms with E-state index in [1.54, 1.807) is 0 Å². The molecule has 148 valence electrons. The van der Waals surface area contributed by atoms with Crippen LogP contribution in [0.5, 0.6) is 0 Å². The second-order valence-corrected chi connectivity index (χ2v) is 7.37. The van der Waals surface area contributed by atoms with Crippen molar-refractivity contribution in [3.63, 3.8) is 0 Å². The van der Waals surface area contributed by atoms with Gasteiger partial charge in [-0.2, -0.15) is 0 Å². The fourth-order valence-electron chi connectivity index (χ4n) is 3.12. The van der Waals surface area contributed by atoms with Crippen LogP contribution in [0.2, 0.25) is 0 Å². The van der Waals surface area contributed by atoms with Crippen molar-refractivity contribution in [2.45, 2.75) is 45.6 Å². The zero-order valence-electron chi connectivity index (χ0n) is 15.7. The lowest BCUT2D eigenvalue weighted by molar-refractivity contribution is 0.206. The van der Waals surface area contributed by atoms with Crippen LogP contribution in [0.1, 0.15) is 38.7 Å². The molecule has 1 aliphatic heterocycles. The maximum absolute atomic E-state index is 13.3. The molecule has 1 aromatic carbocycles. The average Bonchev–Trinajstić information content (AvgIpc) is 2.60. The quantitative estimate of drug-likeness (QED) is 0.310. The first kappa shape index (κ1) is 23.6. The summed E-state index contributed by atoms with van der Waals surface area (Å²) in [6, 6.07) is 5.64. The van der Waals surface area contributed by atoms with Gasteiger partial charge < -0.3 is 15.5 Å². The monoisotopic (exact) mass is 540 g/mol. The molecule has 0 spiro atoms. The Morgan fingerprint density at radius 1 is 1.31 bits per heavy atom. The molecule has 26 heavy (non-hydrogen) atoms.